The summed E-state index contributed by atoms with van der Waals surface area (Å²) in [4.78, 5) is 11.3. The molecule has 1 fully saturated rings. The molecule has 2 heterocycles. The quantitative estimate of drug-likeness (QED) is 0.846. The average molecular weight is 234 g/mol. The van der Waals surface area contributed by atoms with E-state index in [1.165, 1.54) is 6.42 Å². The fourth-order valence-corrected chi connectivity index (χ4v) is 2.66. The number of aryl methyl sites for hydroxylation is 1. The van der Waals surface area contributed by atoms with E-state index in [-0.39, 0.29) is 0 Å². The number of nitrogens with two attached hydrogens (primary N) is 1. The molecule has 1 aliphatic rings. The molecule has 2 N–H and O–H groups in total. The smallest absolute Gasteiger partial charge is 0.225 e. The third kappa shape index (κ3) is 2.75. The Hall–Kier alpha value is -1.16. The molecule has 0 amide bonds. The normalized spacial score (nSPS) is 25.1. The summed E-state index contributed by atoms with van der Waals surface area (Å²) in [5.74, 6) is 2.30. The van der Waals surface area contributed by atoms with Gasteiger partial charge < -0.3 is 10.6 Å². The van der Waals surface area contributed by atoms with E-state index in [4.69, 9.17) is 5.73 Å². The van der Waals surface area contributed by atoms with Gasteiger partial charge in [-0.3, -0.25) is 0 Å². The lowest BCUT2D eigenvalue weighted by Gasteiger charge is -2.35. The molecule has 2 unspecified atom stereocenters. The van der Waals surface area contributed by atoms with Crippen molar-refractivity contribution in [3.63, 3.8) is 0 Å². The first-order valence-electron chi connectivity index (χ1n) is 6.37. The molecule has 94 valence electrons. The Morgan fingerprint density at radius 2 is 2.00 bits per heavy atom. The molecule has 4 heteroatoms. The molecular formula is C13H22N4. The van der Waals surface area contributed by atoms with Gasteiger partial charge >= 0.3 is 0 Å². The van der Waals surface area contributed by atoms with E-state index in [1.807, 2.05) is 13.1 Å². The van der Waals surface area contributed by atoms with Crippen LogP contribution in [0, 0.1) is 18.8 Å². The first-order chi connectivity index (χ1) is 8.10. The predicted octanol–water partition coefficient (Wildman–Crippen LogP) is 1.73. The van der Waals surface area contributed by atoms with Crippen LogP contribution < -0.4 is 10.6 Å². The number of aromatic nitrogens is 2. The summed E-state index contributed by atoms with van der Waals surface area (Å²) in [6.07, 6.45) is 3.16. The largest absolute Gasteiger partial charge is 0.340 e. The van der Waals surface area contributed by atoms with E-state index in [2.05, 4.69) is 28.7 Å². The van der Waals surface area contributed by atoms with Crippen LogP contribution in [0.15, 0.2) is 6.20 Å². The third-order valence-electron chi connectivity index (χ3n) is 3.44. The van der Waals surface area contributed by atoms with Crippen LogP contribution in [-0.2, 0) is 6.54 Å². The second kappa shape index (κ2) is 5.00. The zero-order chi connectivity index (χ0) is 12.4. The number of piperidine rings is 1. The molecule has 0 saturated carbocycles. The van der Waals surface area contributed by atoms with Crippen LogP contribution in [-0.4, -0.2) is 23.1 Å². The van der Waals surface area contributed by atoms with Crippen molar-refractivity contribution in [1.82, 2.24) is 9.97 Å². The summed E-state index contributed by atoms with van der Waals surface area (Å²) in [6, 6.07) is 0. The summed E-state index contributed by atoms with van der Waals surface area (Å²) in [6.45, 7) is 9.23. The van der Waals surface area contributed by atoms with Gasteiger partial charge in [-0.1, -0.05) is 13.8 Å². The summed E-state index contributed by atoms with van der Waals surface area (Å²) >= 11 is 0. The Morgan fingerprint density at radius 1 is 1.35 bits per heavy atom. The van der Waals surface area contributed by atoms with Gasteiger partial charge in [0, 0.05) is 37.1 Å². The number of nitrogens with zero attached hydrogens (tertiary/aromatic N) is 3. The van der Waals surface area contributed by atoms with E-state index >= 15 is 0 Å². The fraction of sp³-hybridized carbons (Fsp3) is 0.692. The number of hydrogen-bond donors (Lipinski definition) is 1. The van der Waals surface area contributed by atoms with Gasteiger partial charge in [0.15, 0.2) is 0 Å². The van der Waals surface area contributed by atoms with Crippen molar-refractivity contribution in [3.8, 4) is 0 Å². The highest BCUT2D eigenvalue weighted by Crippen LogP contribution is 2.24. The first-order valence-corrected chi connectivity index (χ1v) is 6.37. The van der Waals surface area contributed by atoms with Crippen LogP contribution in [0.3, 0.4) is 0 Å². The van der Waals surface area contributed by atoms with E-state index in [1.54, 1.807) is 0 Å². The second-order valence-corrected chi connectivity index (χ2v) is 5.34. The Morgan fingerprint density at radius 3 is 2.53 bits per heavy atom. The van der Waals surface area contributed by atoms with Gasteiger partial charge in [-0.25, -0.2) is 9.97 Å². The summed E-state index contributed by atoms with van der Waals surface area (Å²) in [7, 11) is 0. The molecule has 1 aliphatic heterocycles. The van der Waals surface area contributed by atoms with Crippen LogP contribution in [0.1, 0.15) is 31.5 Å². The molecule has 0 aromatic carbocycles. The van der Waals surface area contributed by atoms with E-state index in [0.29, 0.717) is 6.54 Å². The Bertz CT molecular complexity index is 381. The molecule has 1 saturated heterocycles. The van der Waals surface area contributed by atoms with Gasteiger partial charge in [0.25, 0.3) is 0 Å². The van der Waals surface area contributed by atoms with Crippen molar-refractivity contribution in [2.24, 2.45) is 17.6 Å². The molecular weight excluding hydrogens is 212 g/mol. The van der Waals surface area contributed by atoms with E-state index < -0.39 is 0 Å². The fourth-order valence-electron chi connectivity index (χ4n) is 2.66. The van der Waals surface area contributed by atoms with Crippen LogP contribution in [0.2, 0.25) is 0 Å². The molecule has 0 radical (unpaired) electrons. The van der Waals surface area contributed by atoms with Crippen LogP contribution in [0.4, 0.5) is 5.95 Å². The summed E-state index contributed by atoms with van der Waals surface area (Å²) < 4.78 is 0. The van der Waals surface area contributed by atoms with Crippen LogP contribution in [0.5, 0.6) is 0 Å². The Labute approximate surface area is 103 Å². The van der Waals surface area contributed by atoms with Crippen molar-refractivity contribution in [2.75, 3.05) is 18.0 Å². The molecule has 0 bridgehead atoms. The lowest BCUT2D eigenvalue weighted by molar-refractivity contribution is 0.353. The topological polar surface area (TPSA) is 55.0 Å². The number of anilines is 1. The highest BCUT2D eigenvalue weighted by Gasteiger charge is 2.23. The van der Waals surface area contributed by atoms with Gasteiger partial charge in [-0.2, -0.15) is 0 Å². The SMILES string of the molecule is Cc1nc(N2CC(C)CC(C)C2)ncc1CN. The van der Waals surface area contributed by atoms with E-state index in [0.717, 1.165) is 42.1 Å². The van der Waals surface area contributed by atoms with Gasteiger partial charge in [-0.05, 0) is 25.2 Å². The monoisotopic (exact) mass is 234 g/mol. The van der Waals surface area contributed by atoms with Crippen molar-refractivity contribution in [3.05, 3.63) is 17.5 Å². The minimum Gasteiger partial charge on any atom is -0.340 e. The Kier molecular flexibility index (Phi) is 3.62. The van der Waals surface area contributed by atoms with Crippen molar-refractivity contribution < 1.29 is 0 Å². The highest BCUT2D eigenvalue weighted by atomic mass is 15.3. The van der Waals surface area contributed by atoms with Crippen LogP contribution in [0.25, 0.3) is 0 Å². The lowest BCUT2D eigenvalue weighted by Crippen LogP contribution is -2.39. The van der Waals surface area contributed by atoms with Crippen LogP contribution >= 0.6 is 0 Å². The Balaban J connectivity index is 2.19. The van der Waals surface area contributed by atoms with Crippen molar-refractivity contribution in [2.45, 2.75) is 33.7 Å². The second-order valence-electron chi connectivity index (χ2n) is 5.34. The maximum absolute atomic E-state index is 5.63. The van der Waals surface area contributed by atoms with Crippen molar-refractivity contribution in [1.29, 1.82) is 0 Å². The van der Waals surface area contributed by atoms with Crippen molar-refractivity contribution >= 4 is 5.95 Å². The predicted molar refractivity (Wildman–Crippen MR) is 69.8 cm³/mol. The highest BCUT2D eigenvalue weighted by molar-refractivity contribution is 5.33. The zero-order valence-electron chi connectivity index (χ0n) is 11.0. The zero-order valence-corrected chi connectivity index (χ0v) is 11.0. The maximum Gasteiger partial charge on any atom is 0.225 e. The van der Waals surface area contributed by atoms with E-state index in [9.17, 15) is 0 Å². The first kappa shape index (κ1) is 12.3. The number of rotatable bonds is 2. The molecule has 17 heavy (non-hydrogen) atoms. The van der Waals surface area contributed by atoms with Gasteiger partial charge in [0.1, 0.15) is 0 Å². The molecule has 4 nitrogen and oxygen atoms in total. The van der Waals surface area contributed by atoms with Gasteiger partial charge in [0.2, 0.25) is 5.95 Å². The standard InChI is InChI=1S/C13H22N4/c1-9-4-10(2)8-17(7-9)13-15-6-12(5-14)11(3)16-13/h6,9-10H,4-5,7-8,14H2,1-3H3. The minimum atomic E-state index is 0.513. The van der Waals surface area contributed by atoms with Gasteiger partial charge in [-0.15, -0.1) is 0 Å². The average Bonchev–Trinajstić information content (AvgIpc) is 2.27. The van der Waals surface area contributed by atoms with Gasteiger partial charge in [0.05, 0.1) is 0 Å². The number of hydrogen-bond acceptors (Lipinski definition) is 4. The molecule has 0 spiro atoms. The molecule has 1 aromatic heterocycles. The summed E-state index contributed by atoms with van der Waals surface area (Å²) in [5.41, 5.74) is 7.67. The molecule has 0 aliphatic carbocycles. The lowest BCUT2D eigenvalue weighted by atomic mass is 9.92. The minimum absolute atomic E-state index is 0.513. The summed E-state index contributed by atoms with van der Waals surface area (Å²) in [5, 5.41) is 0. The third-order valence-corrected chi connectivity index (χ3v) is 3.44. The maximum atomic E-state index is 5.63. The molecule has 2 atom stereocenters. The molecule has 1 aromatic rings. The molecule has 2 rings (SSSR count).